The molecule has 1 aromatic heterocycles. The second kappa shape index (κ2) is 6.39. The fraction of sp³-hybridized carbons (Fsp3) is 0.417. The Morgan fingerprint density at radius 1 is 1.41 bits per heavy atom. The van der Waals surface area contributed by atoms with Crippen LogP contribution in [0.2, 0.25) is 0 Å². The Hall–Kier alpha value is -1.36. The molecule has 0 saturated carbocycles. The van der Waals surface area contributed by atoms with E-state index in [0.29, 0.717) is 22.9 Å². The van der Waals surface area contributed by atoms with Crippen molar-refractivity contribution in [2.24, 2.45) is 0 Å². The maximum Gasteiger partial charge on any atom is 0.331 e. The van der Waals surface area contributed by atoms with Gasteiger partial charge in [0.25, 0.3) is 0 Å². The highest BCUT2D eigenvalue weighted by atomic mass is 32.2. The van der Waals surface area contributed by atoms with E-state index in [1.54, 1.807) is 6.08 Å². The van der Waals surface area contributed by atoms with Crippen molar-refractivity contribution in [1.82, 2.24) is 9.97 Å². The number of carboxylic acids is 1. The number of carbonyl (C=O) groups is 1. The number of carboxylic acid groups (broad SMARTS) is 1. The number of hydrogen-bond donors (Lipinski definition) is 1. The van der Waals surface area contributed by atoms with Crippen LogP contribution < -0.4 is 0 Å². The Labute approximate surface area is 105 Å². The molecule has 17 heavy (non-hydrogen) atoms. The minimum atomic E-state index is -0.852. The lowest BCUT2D eigenvalue weighted by Crippen LogP contribution is -2.00. The normalized spacial score (nSPS) is 11.6. The predicted octanol–water partition coefficient (Wildman–Crippen LogP) is 2.61. The zero-order valence-corrected chi connectivity index (χ0v) is 11.0. The van der Waals surface area contributed by atoms with E-state index in [4.69, 9.17) is 5.11 Å². The molecule has 1 heterocycles. The topological polar surface area (TPSA) is 63.1 Å². The van der Waals surface area contributed by atoms with Gasteiger partial charge in [-0.25, -0.2) is 14.8 Å². The summed E-state index contributed by atoms with van der Waals surface area (Å²) in [5, 5.41) is 9.54. The third-order valence-corrected chi connectivity index (χ3v) is 2.93. The van der Waals surface area contributed by atoms with E-state index in [-0.39, 0.29) is 0 Å². The van der Waals surface area contributed by atoms with E-state index in [2.05, 4.69) is 9.97 Å². The van der Waals surface area contributed by atoms with Gasteiger partial charge in [-0.2, -0.15) is 0 Å². The van der Waals surface area contributed by atoms with Crippen LogP contribution in [0.5, 0.6) is 0 Å². The van der Waals surface area contributed by atoms with Gasteiger partial charge in [0.05, 0.1) is 0 Å². The number of nitrogens with zero attached hydrogens (tertiary/aromatic N) is 2. The quantitative estimate of drug-likeness (QED) is 0.496. The molecule has 0 amide bonds. The van der Waals surface area contributed by atoms with Crippen LogP contribution in [0.3, 0.4) is 0 Å². The molecule has 0 atom stereocenters. The summed E-state index contributed by atoms with van der Waals surface area (Å²) in [4.78, 5) is 19.3. The van der Waals surface area contributed by atoms with E-state index >= 15 is 0 Å². The molecule has 0 aromatic carbocycles. The Bertz CT molecular complexity index is 424. The number of hydrogen-bond acceptors (Lipinski definition) is 4. The van der Waals surface area contributed by atoms with Gasteiger partial charge in [-0.05, 0) is 26.3 Å². The highest BCUT2D eigenvalue weighted by Gasteiger charge is 2.04. The van der Waals surface area contributed by atoms with Crippen LogP contribution >= 0.6 is 11.8 Å². The standard InChI is InChI=1S/C12H16N2O2S/c1-4-10(11(15)16)5-6-17-12-13-8(2)7-9(3)14-12/h5,7H,4,6H2,1-3H3,(H,15,16). The first-order valence-electron chi connectivity index (χ1n) is 5.40. The minimum Gasteiger partial charge on any atom is -0.478 e. The first-order chi connectivity index (χ1) is 8.02. The SMILES string of the molecule is CCC(=CCSc1nc(C)cc(C)n1)C(=O)O. The molecule has 1 aromatic rings. The maximum atomic E-state index is 10.8. The van der Waals surface area contributed by atoms with Crippen LogP contribution in [0.15, 0.2) is 22.9 Å². The van der Waals surface area contributed by atoms with Gasteiger partial charge in [0, 0.05) is 22.7 Å². The van der Waals surface area contributed by atoms with Gasteiger partial charge >= 0.3 is 5.97 Å². The van der Waals surface area contributed by atoms with Crippen molar-refractivity contribution < 1.29 is 9.90 Å². The van der Waals surface area contributed by atoms with Crippen LogP contribution in [0.1, 0.15) is 24.7 Å². The van der Waals surface area contributed by atoms with Crippen LogP contribution in [0, 0.1) is 13.8 Å². The molecule has 0 unspecified atom stereocenters. The molecule has 0 aliphatic heterocycles. The highest BCUT2D eigenvalue weighted by Crippen LogP contribution is 2.15. The zero-order chi connectivity index (χ0) is 12.8. The largest absolute Gasteiger partial charge is 0.478 e. The van der Waals surface area contributed by atoms with E-state index in [1.165, 1.54) is 11.8 Å². The smallest absolute Gasteiger partial charge is 0.331 e. The van der Waals surface area contributed by atoms with Gasteiger partial charge in [0.1, 0.15) is 0 Å². The van der Waals surface area contributed by atoms with Gasteiger partial charge in [0.2, 0.25) is 0 Å². The lowest BCUT2D eigenvalue weighted by Gasteiger charge is -2.01. The second-order valence-corrected chi connectivity index (χ2v) is 4.62. The van der Waals surface area contributed by atoms with Crippen molar-refractivity contribution in [2.45, 2.75) is 32.3 Å². The van der Waals surface area contributed by atoms with Gasteiger partial charge in [-0.15, -0.1) is 0 Å². The monoisotopic (exact) mass is 252 g/mol. The Balaban J connectivity index is 2.64. The number of aliphatic carboxylic acids is 1. The minimum absolute atomic E-state index is 0.432. The number of thioether (sulfide) groups is 1. The molecular weight excluding hydrogens is 236 g/mol. The average Bonchev–Trinajstić information content (AvgIpc) is 2.22. The Morgan fingerprint density at radius 2 is 2.00 bits per heavy atom. The molecule has 1 rings (SSSR count). The van der Waals surface area contributed by atoms with Gasteiger partial charge in [-0.1, -0.05) is 24.8 Å². The first-order valence-corrected chi connectivity index (χ1v) is 6.39. The third-order valence-electron chi connectivity index (χ3n) is 2.16. The second-order valence-electron chi connectivity index (χ2n) is 3.63. The molecule has 0 fully saturated rings. The molecule has 4 nitrogen and oxygen atoms in total. The van der Waals surface area contributed by atoms with Gasteiger partial charge in [-0.3, -0.25) is 0 Å². The van der Waals surface area contributed by atoms with Crippen molar-refractivity contribution in [2.75, 3.05) is 5.75 Å². The number of aromatic nitrogens is 2. The van der Waals surface area contributed by atoms with Crippen LogP contribution in [-0.2, 0) is 4.79 Å². The highest BCUT2D eigenvalue weighted by molar-refractivity contribution is 7.99. The average molecular weight is 252 g/mol. The van der Waals surface area contributed by atoms with Crippen molar-refractivity contribution >= 4 is 17.7 Å². The molecule has 0 aliphatic carbocycles. The fourth-order valence-corrected chi connectivity index (χ4v) is 2.21. The molecule has 0 saturated heterocycles. The summed E-state index contributed by atoms with van der Waals surface area (Å²) in [5.74, 6) is -0.271. The fourth-order valence-electron chi connectivity index (χ4n) is 1.36. The zero-order valence-electron chi connectivity index (χ0n) is 10.2. The number of aryl methyl sites for hydroxylation is 2. The molecule has 1 N–H and O–H groups in total. The van der Waals surface area contributed by atoms with Crippen molar-refractivity contribution in [3.63, 3.8) is 0 Å². The summed E-state index contributed by atoms with van der Waals surface area (Å²) in [7, 11) is 0. The summed E-state index contributed by atoms with van der Waals surface area (Å²) < 4.78 is 0. The predicted molar refractivity (Wildman–Crippen MR) is 68.2 cm³/mol. The molecular formula is C12H16N2O2S. The summed E-state index contributed by atoms with van der Waals surface area (Å²) in [6.07, 6.45) is 2.25. The summed E-state index contributed by atoms with van der Waals surface area (Å²) in [6, 6.07) is 1.91. The first kappa shape index (κ1) is 13.7. The van der Waals surface area contributed by atoms with E-state index in [0.717, 1.165) is 11.4 Å². The van der Waals surface area contributed by atoms with Crippen LogP contribution in [-0.4, -0.2) is 26.8 Å². The summed E-state index contributed by atoms with van der Waals surface area (Å²) in [5.41, 5.74) is 2.29. The van der Waals surface area contributed by atoms with Crippen molar-refractivity contribution in [3.8, 4) is 0 Å². The molecule has 0 radical (unpaired) electrons. The van der Waals surface area contributed by atoms with E-state index < -0.39 is 5.97 Å². The molecule has 0 bridgehead atoms. The molecule has 92 valence electrons. The van der Waals surface area contributed by atoms with Crippen LogP contribution in [0.25, 0.3) is 0 Å². The Morgan fingerprint density at radius 3 is 2.47 bits per heavy atom. The third kappa shape index (κ3) is 4.56. The maximum absolute atomic E-state index is 10.8. The van der Waals surface area contributed by atoms with E-state index in [1.807, 2.05) is 26.8 Å². The number of rotatable bonds is 5. The van der Waals surface area contributed by atoms with Crippen molar-refractivity contribution in [3.05, 3.63) is 29.1 Å². The van der Waals surface area contributed by atoms with Gasteiger partial charge in [0.15, 0.2) is 5.16 Å². The lowest BCUT2D eigenvalue weighted by atomic mass is 10.2. The summed E-state index contributed by atoms with van der Waals surface area (Å²) >= 11 is 1.45. The van der Waals surface area contributed by atoms with E-state index in [9.17, 15) is 4.79 Å². The van der Waals surface area contributed by atoms with Crippen LogP contribution in [0.4, 0.5) is 0 Å². The molecule has 0 aliphatic rings. The van der Waals surface area contributed by atoms with Gasteiger partial charge < -0.3 is 5.11 Å². The summed E-state index contributed by atoms with van der Waals surface area (Å²) in [6.45, 7) is 5.67. The molecule has 0 spiro atoms. The lowest BCUT2D eigenvalue weighted by molar-refractivity contribution is -0.132. The molecule has 5 heteroatoms. The van der Waals surface area contributed by atoms with Crippen molar-refractivity contribution in [1.29, 1.82) is 0 Å². The Kier molecular flexibility index (Phi) is 5.15.